The summed E-state index contributed by atoms with van der Waals surface area (Å²) < 4.78 is 10.5. The van der Waals surface area contributed by atoms with E-state index in [0.29, 0.717) is 41.7 Å². The van der Waals surface area contributed by atoms with Gasteiger partial charge in [0.05, 0.1) is 6.61 Å². The van der Waals surface area contributed by atoms with Gasteiger partial charge < -0.3 is 19.7 Å². The van der Waals surface area contributed by atoms with Crippen LogP contribution in [0, 0.1) is 5.92 Å². The Labute approximate surface area is 171 Å². The number of rotatable bonds is 7. The molecule has 6 nitrogen and oxygen atoms in total. The Morgan fingerprint density at radius 1 is 1.03 bits per heavy atom. The van der Waals surface area contributed by atoms with E-state index in [0.717, 1.165) is 25.9 Å². The molecule has 1 aliphatic rings. The number of carbonyl (C=O) groups excluding carboxylic acids is 2. The van der Waals surface area contributed by atoms with E-state index in [1.807, 2.05) is 4.90 Å². The van der Waals surface area contributed by atoms with Gasteiger partial charge >= 0.3 is 0 Å². The van der Waals surface area contributed by atoms with Crippen LogP contribution in [0.5, 0.6) is 5.75 Å². The number of hydrogen-bond acceptors (Lipinski definition) is 4. The van der Waals surface area contributed by atoms with E-state index in [2.05, 4.69) is 12.2 Å². The van der Waals surface area contributed by atoms with Gasteiger partial charge in [0.2, 0.25) is 0 Å². The van der Waals surface area contributed by atoms with Crippen molar-refractivity contribution in [1.29, 1.82) is 0 Å². The van der Waals surface area contributed by atoms with Gasteiger partial charge in [-0.2, -0.15) is 0 Å². The maximum atomic E-state index is 12.8. The molecule has 1 saturated heterocycles. The smallest absolute Gasteiger partial charge is 0.255 e. The van der Waals surface area contributed by atoms with Crippen LogP contribution >= 0.6 is 0 Å². The van der Waals surface area contributed by atoms with Crippen LogP contribution in [0.3, 0.4) is 0 Å². The van der Waals surface area contributed by atoms with Gasteiger partial charge in [0.25, 0.3) is 11.8 Å². The lowest BCUT2D eigenvalue weighted by atomic mass is 9.98. The number of hydrogen-bond donors (Lipinski definition) is 1. The van der Waals surface area contributed by atoms with E-state index in [4.69, 9.17) is 9.47 Å². The van der Waals surface area contributed by atoms with E-state index in [1.54, 1.807) is 55.6 Å². The number of amides is 2. The van der Waals surface area contributed by atoms with Crippen LogP contribution < -0.4 is 10.1 Å². The molecule has 154 valence electrons. The molecule has 1 heterocycles. The SMILES string of the molecule is COCCOc1ccc(C(=O)Nc2cccc(C(=O)N3CCC(C)CC3)c2)cc1. The Hall–Kier alpha value is -2.86. The number of ether oxygens (including phenoxy) is 2. The highest BCUT2D eigenvalue weighted by Crippen LogP contribution is 2.20. The fourth-order valence-corrected chi connectivity index (χ4v) is 3.27. The summed E-state index contributed by atoms with van der Waals surface area (Å²) in [5, 5.41) is 2.86. The molecule has 29 heavy (non-hydrogen) atoms. The summed E-state index contributed by atoms with van der Waals surface area (Å²) in [5.74, 6) is 1.14. The van der Waals surface area contributed by atoms with Crippen molar-refractivity contribution in [3.63, 3.8) is 0 Å². The number of nitrogens with one attached hydrogen (secondary N) is 1. The molecule has 0 radical (unpaired) electrons. The van der Waals surface area contributed by atoms with Gasteiger partial charge in [-0.05, 0) is 61.2 Å². The van der Waals surface area contributed by atoms with Crippen molar-refractivity contribution < 1.29 is 19.1 Å². The predicted molar refractivity (Wildman–Crippen MR) is 113 cm³/mol. The van der Waals surface area contributed by atoms with E-state index in [1.165, 1.54) is 0 Å². The van der Waals surface area contributed by atoms with Crippen LogP contribution in [0.25, 0.3) is 0 Å². The summed E-state index contributed by atoms with van der Waals surface area (Å²) in [7, 11) is 1.62. The third-order valence-electron chi connectivity index (χ3n) is 5.11. The highest BCUT2D eigenvalue weighted by Gasteiger charge is 2.21. The van der Waals surface area contributed by atoms with Crippen molar-refractivity contribution in [2.75, 3.05) is 38.7 Å². The second-order valence-electron chi connectivity index (χ2n) is 7.38. The molecule has 3 rings (SSSR count). The maximum absolute atomic E-state index is 12.8. The minimum atomic E-state index is -0.232. The largest absolute Gasteiger partial charge is 0.491 e. The zero-order chi connectivity index (χ0) is 20.6. The van der Waals surface area contributed by atoms with Gasteiger partial charge in [-0.25, -0.2) is 0 Å². The average molecular weight is 396 g/mol. The Balaban J connectivity index is 1.60. The molecule has 6 heteroatoms. The van der Waals surface area contributed by atoms with Gasteiger partial charge in [-0.15, -0.1) is 0 Å². The summed E-state index contributed by atoms with van der Waals surface area (Å²) >= 11 is 0. The second kappa shape index (κ2) is 10.1. The molecule has 0 saturated carbocycles. The van der Waals surface area contributed by atoms with E-state index in [9.17, 15) is 9.59 Å². The molecule has 0 atom stereocenters. The molecular weight excluding hydrogens is 368 g/mol. The lowest BCUT2D eigenvalue weighted by Crippen LogP contribution is -2.37. The molecule has 2 amide bonds. The first-order valence-corrected chi connectivity index (χ1v) is 9.99. The van der Waals surface area contributed by atoms with Gasteiger partial charge in [0, 0.05) is 37.0 Å². The van der Waals surface area contributed by atoms with Crippen LogP contribution in [0.2, 0.25) is 0 Å². The number of methoxy groups -OCH3 is 1. The first-order chi connectivity index (χ1) is 14.1. The van der Waals surface area contributed by atoms with Crippen molar-refractivity contribution in [3.05, 3.63) is 59.7 Å². The predicted octanol–water partition coefficient (Wildman–Crippen LogP) is 3.84. The lowest BCUT2D eigenvalue weighted by Gasteiger charge is -2.30. The van der Waals surface area contributed by atoms with Crippen LogP contribution in [-0.2, 0) is 4.74 Å². The molecule has 0 spiro atoms. The van der Waals surface area contributed by atoms with Crippen LogP contribution in [-0.4, -0.2) is 50.1 Å². The molecule has 0 aliphatic carbocycles. The normalized spacial score (nSPS) is 14.5. The average Bonchev–Trinajstić information content (AvgIpc) is 2.74. The molecule has 0 bridgehead atoms. The van der Waals surface area contributed by atoms with Crippen molar-refractivity contribution in [1.82, 2.24) is 4.90 Å². The summed E-state index contributed by atoms with van der Waals surface area (Å²) in [6.45, 7) is 4.76. The van der Waals surface area contributed by atoms with Gasteiger partial charge in [-0.1, -0.05) is 13.0 Å². The third-order valence-corrected chi connectivity index (χ3v) is 5.11. The molecule has 1 aliphatic heterocycles. The Morgan fingerprint density at radius 2 is 1.76 bits per heavy atom. The van der Waals surface area contributed by atoms with Crippen molar-refractivity contribution in [3.8, 4) is 5.75 Å². The lowest BCUT2D eigenvalue weighted by molar-refractivity contribution is 0.0697. The van der Waals surface area contributed by atoms with Gasteiger partial charge in [-0.3, -0.25) is 9.59 Å². The summed E-state index contributed by atoms with van der Waals surface area (Å²) in [5.41, 5.74) is 1.72. The Kier molecular flexibility index (Phi) is 7.25. The van der Waals surface area contributed by atoms with Crippen LogP contribution in [0.1, 0.15) is 40.5 Å². The topological polar surface area (TPSA) is 67.9 Å². The second-order valence-corrected chi connectivity index (χ2v) is 7.38. The van der Waals surface area contributed by atoms with Crippen molar-refractivity contribution >= 4 is 17.5 Å². The van der Waals surface area contributed by atoms with Crippen molar-refractivity contribution in [2.45, 2.75) is 19.8 Å². The maximum Gasteiger partial charge on any atom is 0.255 e. The van der Waals surface area contributed by atoms with E-state index >= 15 is 0 Å². The molecule has 0 aromatic heterocycles. The molecular formula is C23H28N2O4. The summed E-state index contributed by atoms with van der Waals surface area (Å²) in [6, 6.07) is 14.0. The molecule has 1 N–H and O–H groups in total. The molecule has 2 aromatic rings. The number of carbonyl (C=O) groups is 2. The fourth-order valence-electron chi connectivity index (χ4n) is 3.27. The third kappa shape index (κ3) is 5.81. The first-order valence-electron chi connectivity index (χ1n) is 9.99. The van der Waals surface area contributed by atoms with Crippen LogP contribution in [0.15, 0.2) is 48.5 Å². The highest BCUT2D eigenvalue weighted by molar-refractivity contribution is 6.05. The number of piperidine rings is 1. The zero-order valence-electron chi connectivity index (χ0n) is 17.0. The standard InChI is InChI=1S/C23H28N2O4/c1-17-10-12-25(13-11-17)23(27)19-4-3-5-20(16-19)24-22(26)18-6-8-21(9-7-18)29-15-14-28-2/h3-9,16-17H,10-15H2,1-2H3,(H,24,26). The number of nitrogens with zero attached hydrogens (tertiary/aromatic N) is 1. The Bertz CT molecular complexity index is 827. The highest BCUT2D eigenvalue weighted by atomic mass is 16.5. The van der Waals surface area contributed by atoms with Crippen molar-refractivity contribution in [2.24, 2.45) is 5.92 Å². The van der Waals surface area contributed by atoms with E-state index in [-0.39, 0.29) is 11.8 Å². The quantitative estimate of drug-likeness (QED) is 0.722. The first kappa shape index (κ1) is 20.9. The Morgan fingerprint density at radius 3 is 2.45 bits per heavy atom. The fraction of sp³-hybridized carbons (Fsp3) is 0.391. The summed E-state index contributed by atoms with van der Waals surface area (Å²) in [4.78, 5) is 27.2. The van der Waals surface area contributed by atoms with E-state index < -0.39 is 0 Å². The number of likely N-dealkylation sites (tertiary alicyclic amines) is 1. The minimum Gasteiger partial charge on any atom is -0.491 e. The molecule has 0 unspecified atom stereocenters. The van der Waals surface area contributed by atoms with Gasteiger partial charge in [0.1, 0.15) is 12.4 Å². The zero-order valence-corrected chi connectivity index (χ0v) is 17.0. The molecule has 2 aromatic carbocycles. The van der Waals surface area contributed by atoms with Crippen LogP contribution in [0.4, 0.5) is 5.69 Å². The number of anilines is 1. The number of benzene rings is 2. The monoisotopic (exact) mass is 396 g/mol. The minimum absolute atomic E-state index is 0.0190. The summed E-state index contributed by atoms with van der Waals surface area (Å²) in [6.07, 6.45) is 2.07. The molecule has 1 fully saturated rings. The van der Waals surface area contributed by atoms with Gasteiger partial charge in [0.15, 0.2) is 0 Å².